The van der Waals surface area contributed by atoms with Crippen molar-refractivity contribution in [2.75, 3.05) is 0 Å². The summed E-state index contributed by atoms with van der Waals surface area (Å²) in [5, 5.41) is 0. The van der Waals surface area contributed by atoms with Crippen molar-refractivity contribution >= 4 is 22.2 Å². The maximum atomic E-state index is 10.3. The van der Waals surface area contributed by atoms with Crippen LogP contribution in [0.4, 0.5) is 0 Å². The normalized spacial score (nSPS) is 12.3. The third kappa shape index (κ3) is 7.65. The first kappa shape index (κ1) is 18.5. The van der Waals surface area contributed by atoms with Crippen molar-refractivity contribution in [2.24, 2.45) is 0 Å². The molecule has 2 aromatic carbocycles. The fourth-order valence-corrected chi connectivity index (χ4v) is 1.85. The van der Waals surface area contributed by atoms with Gasteiger partial charge in [0.25, 0.3) is 0 Å². The molecule has 0 aliphatic heterocycles. The zero-order valence-corrected chi connectivity index (χ0v) is 13.9. The molecule has 19 heavy (non-hydrogen) atoms. The van der Waals surface area contributed by atoms with Crippen molar-refractivity contribution in [2.45, 2.75) is 9.79 Å². The molecule has 0 heterocycles. The molecule has 0 aliphatic rings. The van der Waals surface area contributed by atoms with E-state index in [9.17, 15) is 8.42 Å². The summed E-state index contributed by atoms with van der Waals surface area (Å²) in [6.07, 6.45) is 0. The maximum absolute atomic E-state index is 10.3. The van der Waals surface area contributed by atoms with E-state index in [0.717, 1.165) is 0 Å². The first-order valence-corrected chi connectivity index (χ1v) is 7.14. The average Bonchev–Trinajstić information content (AvgIpc) is 2.41. The fourth-order valence-electron chi connectivity index (χ4n) is 1.07. The summed E-state index contributed by atoms with van der Waals surface area (Å²) < 4.78 is 37.6. The van der Waals surface area contributed by atoms with Gasteiger partial charge >= 0.3 is 0 Å². The van der Waals surface area contributed by atoms with Crippen LogP contribution in [0.15, 0.2) is 70.5 Å². The Morgan fingerprint density at radius 3 is 1.05 bits per heavy atom. The monoisotopic (exact) mass is 374 g/mol. The number of hydrogen-bond acceptors (Lipinski definition) is 2. The zero-order valence-electron chi connectivity index (χ0n) is 9.80. The molecule has 4 nitrogen and oxygen atoms in total. The zero-order chi connectivity index (χ0) is 13.4. The second kappa shape index (κ2) is 10.3. The summed E-state index contributed by atoms with van der Waals surface area (Å²) in [6, 6.07) is 16.9. The van der Waals surface area contributed by atoms with Crippen molar-refractivity contribution in [1.29, 1.82) is 0 Å². The number of hydrogen-bond donors (Lipinski definition) is 2. The number of rotatable bonds is 2. The van der Waals surface area contributed by atoms with E-state index in [2.05, 4.69) is 0 Å². The van der Waals surface area contributed by atoms with Gasteiger partial charge in [-0.1, -0.05) is 36.4 Å². The van der Waals surface area contributed by atoms with E-state index in [0.29, 0.717) is 9.79 Å². The molecule has 100 valence electrons. The molecule has 2 rings (SSSR count). The quantitative estimate of drug-likeness (QED) is 0.791. The molecular formula is C12H12O4S2Zr. The Balaban J connectivity index is 0.000000324. The van der Waals surface area contributed by atoms with Crippen LogP contribution in [0, 0.1) is 0 Å². The molecule has 2 atom stereocenters. The van der Waals surface area contributed by atoms with Gasteiger partial charge in [0.1, 0.15) is 0 Å². The van der Waals surface area contributed by atoms with Crippen LogP contribution in [-0.4, -0.2) is 17.5 Å². The van der Waals surface area contributed by atoms with Crippen LogP contribution >= 0.6 is 0 Å². The van der Waals surface area contributed by atoms with Gasteiger partial charge in [-0.25, -0.2) is 8.42 Å². The molecule has 0 fully saturated rings. The molecule has 2 aromatic rings. The molecule has 0 aliphatic carbocycles. The Hall–Kier alpha value is -0.457. The van der Waals surface area contributed by atoms with Crippen molar-refractivity contribution in [3.8, 4) is 0 Å². The SMILES string of the molecule is O=S(O)c1ccccc1.O=S(O)c1ccccc1.[Zr]. The van der Waals surface area contributed by atoms with Gasteiger partial charge < -0.3 is 9.11 Å². The first-order valence-electron chi connectivity index (χ1n) is 4.93. The summed E-state index contributed by atoms with van der Waals surface area (Å²) >= 11 is -3.66. The standard InChI is InChI=1S/2C6H6O2S.Zr/c2*7-9(8)6-4-2-1-3-5-6;/h2*1-5H,(H,7,8);. The second-order valence-corrected chi connectivity index (χ2v) is 5.06. The minimum absolute atomic E-state index is 0. The van der Waals surface area contributed by atoms with Gasteiger partial charge in [0.05, 0.1) is 9.79 Å². The van der Waals surface area contributed by atoms with Crippen LogP contribution < -0.4 is 0 Å². The maximum Gasteiger partial charge on any atom is 0.186 e. The second-order valence-electron chi connectivity index (χ2n) is 3.12. The molecule has 2 unspecified atom stereocenters. The number of benzene rings is 2. The van der Waals surface area contributed by atoms with Gasteiger partial charge in [0.2, 0.25) is 0 Å². The molecule has 0 amide bonds. The Morgan fingerprint density at radius 1 is 0.632 bits per heavy atom. The van der Waals surface area contributed by atoms with Crippen LogP contribution in [0.25, 0.3) is 0 Å². The molecule has 0 aromatic heterocycles. The third-order valence-electron chi connectivity index (χ3n) is 1.89. The minimum Gasteiger partial charge on any atom is -0.302 e. The first-order chi connectivity index (χ1) is 8.61. The molecule has 7 heteroatoms. The Kier molecular flexibility index (Phi) is 10.1. The van der Waals surface area contributed by atoms with E-state index in [1.807, 2.05) is 0 Å². The van der Waals surface area contributed by atoms with Gasteiger partial charge in [-0.05, 0) is 24.3 Å². The van der Waals surface area contributed by atoms with E-state index in [-0.39, 0.29) is 26.2 Å². The molecule has 0 saturated heterocycles. The summed E-state index contributed by atoms with van der Waals surface area (Å²) in [7, 11) is 0. The van der Waals surface area contributed by atoms with Crippen LogP contribution in [0.3, 0.4) is 0 Å². The molecule has 0 saturated carbocycles. The van der Waals surface area contributed by atoms with Gasteiger partial charge in [0, 0.05) is 26.2 Å². The molecule has 0 spiro atoms. The van der Waals surface area contributed by atoms with E-state index in [1.54, 1.807) is 60.7 Å². The molecule has 0 bridgehead atoms. The topological polar surface area (TPSA) is 74.6 Å². The van der Waals surface area contributed by atoms with Crippen molar-refractivity contribution < 1.29 is 43.7 Å². The average molecular weight is 376 g/mol. The fraction of sp³-hybridized carbons (Fsp3) is 0. The Labute approximate surface area is 135 Å². The largest absolute Gasteiger partial charge is 0.302 e. The van der Waals surface area contributed by atoms with Gasteiger partial charge in [-0.15, -0.1) is 0 Å². The Bertz CT molecular complexity index is 470. The van der Waals surface area contributed by atoms with Gasteiger partial charge in [-0.2, -0.15) is 0 Å². The van der Waals surface area contributed by atoms with Crippen LogP contribution in [0.1, 0.15) is 0 Å². The summed E-state index contributed by atoms with van der Waals surface area (Å²) in [5.41, 5.74) is 0. The van der Waals surface area contributed by atoms with Crippen LogP contribution in [-0.2, 0) is 48.4 Å². The van der Waals surface area contributed by atoms with E-state index in [1.165, 1.54) is 0 Å². The van der Waals surface area contributed by atoms with Crippen molar-refractivity contribution in [3.05, 3.63) is 60.7 Å². The molecule has 0 radical (unpaired) electrons. The smallest absolute Gasteiger partial charge is 0.186 e. The summed E-state index contributed by atoms with van der Waals surface area (Å²) in [6.45, 7) is 0. The third-order valence-corrected chi connectivity index (χ3v) is 3.24. The van der Waals surface area contributed by atoms with Gasteiger partial charge in [-0.3, -0.25) is 0 Å². The van der Waals surface area contributed by atoms with Gasteiger partial charge in [0.15, 0.2) is 22.2 Å². The molecular weight excluding hydrogens is 363 g/mol. The van der Waals surface area contributed by atoms with Crippen molar-refractivity contribution in [3.63, 3.8) is 0 Å². The van der Waals surface area contributed by atoms with Crippen molar-refractivity contribution in [1.82, 2.24) is 0 Å². The Morgan fingerprint density at radius 2 is 0.895 bits per heavy atom. The van der Waals surface area contributed by atoms with E-state index in [4.69, 9.17) is 9.11 Å². The summed E-state index contributed by atoms with van der Waals surface area (Å²) in [5.74, 6) is 0. The predicted molar refractivity (Wildman–Crippen MR) is 71.0 cm³/mol. The van der Waals surface area contributed by atoms with Crippen LogP contribution in [0.2, 0.25) is 0 Å². The molecule has 2 N–H and O–H groups in total. The minimum atomic E-state index is -1.83. The van der Waals surface area contributed by atoms with E-state index < -0.39 is 22.2 Å². The van der Waals surface area contributed by atoms with Crippen LogP contribution in [0.5, 0.6) is 0 Å². The predicted octanol–water partition coefficient (Wildman–Crippen LogP) is 2.53. The summed E-state index contributed by atoms with van der Waals surface area (Å²) in [4.78, 5) is 0.884. The van der Waals surface area contributed by atoms with E-state index >= 15 is 0 Å².